The molecule has 0 bridgehead atoms. The molecule has 1 aromatic heterocycles. The van der Waals surface area contributed by atoms with Crippen molar-refractivity contribution in [3.05, 3.63) is 77.1 Å². The third kappa shape index (κ3) is 3.23. The van der Waals surface area contributed by atoms with Crippen molar-refractivity contribution in [1.82, 2.24) is 9.88 Å². The largest absolute Gasteiger partial charge is 0.490 e. The number of rotatable bonds is 5. The molecule has 1 aliphatic heterocycles. The van der Waals surface area contributed by atoms with Crippen LogP contribution in [0.3, 0.4) is 0 Å². The van der Waals surface area contributed by atoms with E-state index >= 15 is 0 Å². The molecule has 1 aliphatic rings. The predicted molar refractivity (Wildman–Crippen MR) is 108 cm³/mol. The highest BCUT2D eigenvalue weighted by atomic mass is 16.5. The summed E-state index contributed by atoms with van der Waals surface area (Å²) < 4.78 is 13.9. The average Bonchev–Trinajstić information content (AvgIpc) is 3.14. The van der Waals surface area contributed by atoms with Gasteiger partial charge in [0, 0.05) is 24.5 Å². The Balaban J connectivity index is 1.79. The van der Waals surface area contributed by atoms with Crippen LogP contribution in [-0.4, -0.2) is 17.8 Å². The normalized spacial score (nSPS) is 15.1. The fourth-order valence-electron chi connectivity index (χ4n) is 3.70. The maximum Gasteiger partial charge on any atom is 0.163 e. The van der Waals surface area contributed by atoms with E-state index in [0.29, 0.717) is 25.3 Å². The summed E-state index contributed by atoms with van der Waals surface area (Å²) in [7, 11) is 0. The second-order valence-electron chi connectivity index (χ2n) is 6.64. The number of aromatic nitrogens is 1. The van der Waals surface area contributed by atoms with E-state index in [2.05, 4.69) is 46.4 Å². The molecular formula is C23H23N3O2. The fourth-order valence-corrected chi connectivity index (χ4v) is 3.70. The lowest BCUT2D eigenvalue weighted by Gasteiger charge is -2.18. The van der Waals surface area contributed by atoms with Gasteiger partial charge in [-0.15, -0.1) is 0 Å². The molecule has 1 N–H and O–H groups in total. The van der Waals surface area contributed by atoms with Gasteiger partial charge in [0.15, 0.2) is 11.5 Å². The van der Waals surface area contributed by atoms with Gasteiger partial charge in [0.25, 0.3) is 0 Å². The summed E-state index contributed by atoms with van der Waals surface area (Å²) in [6.45, 7) is 5.84. The molecule has 2 heterocycles. The Labute approximate surface area is 165 Å². The van der Waals surface area contributed by atoms with E-state index in [9.17, 15) is 0 Å². The van der Waals surface area contributed by atoms with Crippen molar-refractivity contribution in [3.8, 4) is 23.3 Å². The average molecular weight is 373 g/mol. The quantitative estimate of drug-likeness (QED) is 0.723. The maximum atomic E-state index is 9.07. The molecule has 1 unspecified atom stereocenters. The molecule has 0 spiro atoms. The molecule has 4 rings (SSSR count). The van der Waals surface area contributed by atoms with Gasteiger partial charge in [0.2, 0.25) is 0 Å². The topological polar surface area (TPSA) is 59.2 Å². The van der Waals surface area contributed by atoms with Gasteiger partial charge >= 0.3 is 0 Å². The molecule has 0 saturated heterocycles. The standard InChI is InChI=1S/C23H23N3O2/c1-3-27-21-12-18-15-25-23(17-9-7-16(14-24)8-10-17)19-6-5-11-26(19)20(18)13-22(21)28-4-2/h5-13,23,25H,3-4,15H2,1-2H3. The summed E-state index contributed by atoms with van der Waals surface area (Å²) in [5.74, 6) is 1.54. The molecule has 2 aromatic carbocycles. The minimum absolute atomic E-state index is 0.0289. The second-order valence-corrected chi connectivity index (χ2v) is 6.64. The highest BCUT2D eigenvalue weighted by Gasteiger charge is 2.24. The Kier molecular flexibility index (Phi) is 5.05. The summed E-state index contributed by atoms with van der Waals surface area (Å²) in [5.41, 5.74) is 5.19. The van der Waals surface area contributed by atoms with Crippen molar-refractivity contribution >= 4 is 0 Å². The number of benzene rings is 2. The Bertz CT molecular complexity index is 1020. The lowest BCUT2D eigenvalue weighted by atomic mass is 10.0. The lowest BCUT2D eigenvalue weighted by molar-refractivity contribution is 0.287. The molecule has 0 aliphatic carbocycles. The van der Waals surface area contributed by atoms with Crippen molar-refractivity contribution in [2.24, 2.45) is 0 Å². The Morgan fingerprint density at radius 1 is 1.07 bits per heavy atom. The van der Waals surface area contributed by atoms with E-state index in [0.717, 1.165) is 34.0 Å². The molecule has 28 heavy (non-hydrogen) atoms. The van der Waals surface area contributed by atoms with Crippen molar-refractivity contribution < 1.29 is 9.47 Å². The Hall–Kier alpha value is -3.23. The van der Waals surface area contributed by atoms with Gasteiger partial charge in [0.05, 0.1) is 36.6 Å². The van der Waals surface area contributed by atoms with E-state index in [4.69, 9.17) is 14.7 Å². The van der Waals surface area contributed by atoms with Crippen LogP contribution in [0, 0.1) is 11.3 Å². The zero-order chi connectivity index (χ0) is 19.5. The number of hydrogen-bond acceptors (Lipinski definition) is 4. The van der Waals surface area contributed by atoms with E-state index in [-0.39, 0.29) is 6.04 Å². The van der Waals surface area contributed by atoms with Crippen LogP contribution in [-0.2, 0) is 6.54 Å². The minimum Gasteiger partial charge on any atom is -0.490 e. The van der Waals surface area contributed by atoms with Gasteiger partial charge < -0.3 is 19.4 Å². The van der Waals surface area contributed by atoms with Crippen molar-refractivity contribution in [2.75, 3.05) is 13.2 Å². The first kappa shape index (κ1) is 18.1. The first-order valence-electron chi connectivity index (χ1n) is 9.58. The van der Waals surface area contributed by atoms with Gasteiger partial charge in [0.1, 0.15) is 0 Å². The third-order valence-electron chi connectivity index (χ3n) is 4.95. The minimum atomic E-state index is 0.0289. The third-order valence-corrected chi connectivity index (χ3v) is 4.95. The lowest BCUT2D eigenvalue weighted by Crippen LogP contribution is -2.21. The number of hydrogen-bond donors (Lipinski definition) is 1. The van der Waals surface area contributed by atoms with Gasteiger partial charge in [-0.25, -0.2) is 0 Å². The van der Waals surface area contributed by atoms with Crippen LogP contribution in [0.2, 0.25) is 0 Å². The monoisotopic (exact) mass is 373 g/mol. The van der Waals surface area contributed by atoms with E-state index < -0.39 is 0 Å². The summed E-state index contributed by atoms with van der Waals surface area (Å²) in [6, 6.07) is 18.3. The molecular weight excluding hydrogens is 350 g/mol. The Morgan fingerprint density at radius 2 is 1.79 bits per heavy atom. The summed E-state index contributed by atoms with van der Waals surface area (Å²) in [5, 5.41) is 12.7. The molecule has 1 atom stereocenters. The first-order valence-corrected chi connectivity index (χ1v) is 9.58. The molecule has 0 amide bonds. The van der Waals surface area contributed by atoms with Crippen LogP contribution in [0.5, 0.6) is 11.5 Å². The van der Waals surface area contributed by atoms with Crippen molar-refractivity contribution in [2.45, 2.75) is 26.4 Å². The zero-order valence-corrected chi connectivity index (χ0v) is 16.1. The highest BCUT2D eigenvalue weighted by Crippen LogP contribution is 2.37. The molecule has 3 aromatic rings. The van der Waals surface area contributed by atoms with Crippen LogP contribution >= 0.6 is 0 Å². The van der Waals surface area contributed by atoms with Crippen LogP contribution in [0.15, 0.2) is 54.7 Å². The summed E-state index contributed by atoms with van der Waals surface area (Å²) in [4.78, 5) is 0. The second kappa shape index (κ2) is 7.79. The van der Waals surface area contributed by atoms with E-state index in [1.165, 1.54) is 0 Å². The van der Waals surface area contributed by atoms with Crippen LogP contribution in [0.4, 0.5) is 0 Å². The zero-order valence-electron chi connectivity index (χ0n) is 16.1. The van der Waals surface area contributed by atoms with Gasteiger partial charge in [-0.05, 0) is 55.3 Å². The maximum absolute atomic E-state index is 9.07. The number of nitrogens with zero attached hydrogens (tertiary/aromatic N) is 2. The van der Waals surface area contributed by atoms with E-state index in [1.807, 2.05) is 38.1 Å². The molecule has 142 valence electrons. The Morgan fingerprint density at radius 3 is 2.46 bits per heavy atom. The number of fused-ring (bicyclic) bond motifs is 3. The molecule has 0 saturated carbocycles. The van der Waals surface area contributed by atoms with Gasteiger partial charge in [-0.1, -0.05) is 12.1 Å². The van der Waals surface area contributed by atoms with Crippen molar-refractivity contribution in [1.29, 1.82) is 5.26 Å². The SMILES string of the molecule is CCOc1cc2c(cc1OCC)-n1cccc1C(c1ccc(C#N)cc1)NC2. The van der Waals surface area contributed by atoms with Crippen LogP contribution < -0.4 is 14.8 Å². The molecule has 5 heteroatoms. The molecule has 0 radical (unpaired) electrons. The number of nitriles is 1. The number of ether oxygens (including phenoxy) is 2. The summed E-state index contributed by atoms with van der Waals surface area (Å²) in [6.07, 6.45) is 2.08. The first-order chi connectivity index (χ1) is 13.7. The molecule has 5 nitrogen and oxygen atoms in total. The smallest absolute Gasteiger partial charge is 0.163 e. The van der Waals surface area contributed by atoms with Crippen LogP contribution in [0.25, 0.3) is 5.69 Å². The fraction of sp³-hybridized carbons (Fsp3) is 0.261. The number of nitrogens with one attached hydrogen (secondary N) is 1. The van der Waals surface area contributed by atoms with E-state index in [1.54, 1.807) is 0 Å². The van der Waals surface area contributed by atoms with Gasteiger partial charge in [-0.2, -0.15) is 5.26 Å². The molecule has 0 fully saturated rings. The van der Waals surface area contributed by atoms with Crippen LogP contribution in [0.1, 0.15) is 42.3 Å². The van der Waals surface area contributed by atoms with Crippen molar-refractivity contribution in [3.63, 3.8) is 0 Å². The predicted octanol–water partition coefficient (Wildman–Crippen LogP) is 4.34. The highest BCUT2D eigenvalue weighted by molar-refractivity contribution is 5.56. The van der Waals surface area contributed by atoms with Gasteiger partial charge in [-0.3, -0.25) is 0 Å². The summed E-state index contributed by atoms with van der Waals surface area (Å²) >= 11 is 0.